The summed E-state index contributed by atoms with van der Waals surface area (Å²) in [4.78, 5) is 12.3. The highest BCUT2D eigenvalue weighted by Gasteiger charge is 2.19. The summed E-state index contributed by atoms with van der Waals surface area (Å²) in [7, 11) is 0. The quantitative estimate of drug-likeness (QED) is 0.681. The molecule has 1 saturated heterocycles. The molecular formula is C21H33NO3. The van der Waals surface area contributed by atoms with Crippen molar-refractivity contribution in [3.8, 4) is 0 Å². The molecule has 1 aliphatic rings. The maximum atomic E-state index is 12.3. The standard InChI is InChI=1S/C21H33NO3/c1-15(2)17-7-9-18(10-8-17)21(16(3)4)22-20(23)11-13-24-14-19-6-5-12-25-19/h7-10,15-16,19,21H,5-6,11-14H2,1-4H3,(H,22,23). The van der Waals surface area contributed by atoms with Gasteiger partial charge in [-0.1, -0.05) is 52.0 Å². The molecule has 4 heteroatoms. The van der Waals surface area contributed by atoms with Crippen molar-refractivity contribution in [1.29, 1.82) is 0 Å². The molecule has 0 bridgehead atoms. The Balaban J connectivity index is 1.80. The van der Waals surface area contributed by atoms with Gasteiger partial charge in [0.05, 0.1) is 25.4 Å². The van der Waals surface area contributed by atoms with Gasteiger partial charge < -0.3 is 14.8 Å². The molecule has 0 radical (unpaired) electrons. The summed E-state index contributed by atoms with van der Waals surface area (Å²) in [5.74, 6) is 0.891. The van der Waals surface area contributed by atoms with Crippen molar-refractivity contribution >= 4 is 5.91 Å². The second-order valence-electron chi connectivity index (χ2n) is 7.57. The number of benzene rings is 1. The predicted molar refractivity (Wildman–Crippen MR) is 101 cm³/mol. The minimum absolute atomic E-state index is 0.0341. The van der Waals surface area contributed by atoms with Gasteiger partial charge in [0.2, 0.25) is 5.91 Å². The minimum Gasteiger partial charge on any atom is -0.378 e. The van der Waals surface area contributed by atoms with Crippen LogP contribution in [-0.2, 0) is 14.3 Å². The zero-order valence-corrected chi connectivity index (χ0v) is 16.1. The largest absolute Gasteiger partial charge is 0.378 e. The molecule has 1 aromatic carbocycles. The minimum atomic E-state index is 0.0341. The Morgan fingerprint density at radius 3 is 2.44 bits per heavy atom. The highest BCUT2D eigenvalue weighted by molar-refractivity contribution is 5.76. The molecule has 2 atom stereocenters. The molecule has 25 heavy (non-hydrogen) atoms. The Labute approximate surface area is 152 Å². The van der Waals surface area contributed by atoms with Crippen LogP contribution in [0.4, 0.5) is 0 Å². The Morgan fingerprint density at radius 2 is 1.88 bits per heavy atom. The monoisotopic (exact) mass is 347 g/mol. The van der Waals surface area contributed by atoms with Gasteiger partial charge in [0.25, 0.3) is 0 Å². The van der Waals surface area contributed by atoms with Crippen LogP contribution in [-0.4, -0.2) is 31.8 Å². The summed E-state index contributed by atoms with van der Waals surface area (Å²) in [5, 5.41) is 3.16. The van der Waals surface area contributed by atoms with Crippen molar-refractivity contribution in [3.63, 3.8) is 0 Å². The Bertz CT molecular complexity index is 518. The zero-order chi connectivity index (χ0) is 18.2. The maximum Gasteiger partial charge on any atom is 0.222 e. The number of nitrogens with one attached hydrogen (secondary N) is 1. The second kappa shape index (κ2) is 9.93. The Hall–Kier alpha value is -1.39. The van der Waals surface area contributed by atoms with E-state index >= 15 is 0 Å². The Morgan fingerprint density at radius 1 is 1.20 bits per heavy atom. The predicted octanol–water partition coefficient (Wildman–Crippen LogP) is 4.21. The summed E-state index contributed by atoms with van der Waals surface area (Å²) < 4.78 is 11.1. The van der Waals surface area contributed by atoms with E-state index in [0.717, 1.165) is 25.0 Å². The van der Waals surface area contributed by atoms with E-state index in [1.54, 1.807) is 0 Å². The maximum absolute atomic E-state index is 12.3. The molecule has 1 N–H and O–H groups in total. The fourth-order valence-electron chi connectivity index (χ4n) is 3.12. The highest BCUT2D eigenvalue weighted by Crippen LogP contribution is 2.24. The lowest BCUT2D eigenvalue weighted by Crippen LogP contribution is -2.32. The van der Waals surface area contributed by atoms with Crippen molar-refractivity contribution < 1.29 is 14.3 Å². The molecule has 1 heterocycles. The van der Waals surface area contributed by atoms with Crippen LogP contribution < -0.4 is 5.32 Å². The van der Waals surface area contributed by atoms with Crippen LogP contribution in [0.15, 0.2) is 24.3 Å². The number of carbonyl (C=O) groups is 1. The third-order valence-electron chi connectivity index (χ3n) is 4.75. The molecule has 2 rings (SSSR count). The van der Waals surface area contributed by atoms with Crippen LogP contribution in [0.2, 0.25) is 0 Å². The summed E-state index contributed by atoms with van der Waals surface area (Å²) in [6.07, 6.45) is 2.78. The number of amides is 1. The van der Waals surface area contributed by atoms with Crippen molar-refractivity contribution in [2.24, 2.45) is 5.92 Å². The third-order valence-corrected chi connectivity index (χ3v) is 4.75. The molecule has 1 amide bonds. The Kier molecular flexibility index (Phi) is 7.91. The van der Waals surface area contributed by atoms with Gasteiger partial charge in [-0.3, -0.25) is 4.79 Å². The lowest BCUT2D eigenvalue weighted by Gasteiger charge is -2.23. The van der Waals surface area contributed by atoms with E-state index in [-0.39, 0.29) is 18.1 Å². The van der Waals surface area contributed by atoms with Gasteiger partial charge in [-0.25, -0.2) is 0 Å². The van der Waals surface area contributed by atoms with E-state index in [0.29, 0.717) is 31.5 Å². The fraction of sp³-hybridized carbons (Fsp3) is 0.667. The number of rotatable bonds is 9. The molecule has 140 valence electrons. The van der Waals surface area contributed by atoms with Crippen molar-refractivity contribution in [1.82, 2.24) is 5.32 Å². The lowest BCUT2D eigenvalue weighted by molar-refractivity contribution is -0.123. The van der Waals surface area contributed by atoms with Gasteiger partial charge >= 0.3 is 0 Å². The number of hydrogen-bond donors (Lipinski definition) is 1. The molecule has 0 spiro atoms. The lowest BCUT2D eigenvalue weighted by atomic mass is 9.93. The van der Waals surface area contributed by atoms with Crippen LogP contribution in [0.25, 0.3) is 0 Å². The summed E-state index contributed by atoms with van der Waals surface area (Å²) >= 11 is 0. The second-order valence-corrected chi connectivity index (χ2v) is 7.57. The topological polar surface area (TPSA) is 47.6 Å². The molecule has 1 aromatic rings. The van der Waals surface area contributed by atoms with Crippen LogP contribution >= 0.6 is 0 Å². The van der Waals surface area contributed by atoms with Gasteiger partial charge in [0.15, 0.2) is 0 Å². The van der Waals surface area contributed by atoms with E-state index in [4.69, 9.17) is 9.47 Å². The molecule has 2 unspecified atom stereocenters. The third kappa shape index (κ3) is 6.44. The highest BCUT2D eigenvalue weighted by atomic mass is 16.5. The average Bonchev–Trinajstić information content (AvgIpc) is 3.10. The van der Waals surface area contributed by atoms with Gasteiger partial charge in [-0.05, 0) is 35.8 Å². The summed E-state index contributed by atoms with van der Waals surface area (Å²) in [6, 6.07) is 8.62. The van der Waals surface area contributed by atoms with Crippen molar-refractivity contribution in [3.05, 3.63) is 35.4 Å². The molecule has 1 aliphatic heterocycles. The van der Waals surface area contributed by atoms with E-state index in [2.05, 4.69) is 57.3 Å². The van der Waals surface area contributed by atoms with E-state index in [1.165, 1.54) is 5.56 Å². The smallest absolute Gasteiger partial charge is 0.222 e. The molecule has 0 aliphatic carbocycles. The number of carbonyl (C=O) groups excluding carboxylic acids is 1. The number of hydrogen-bond acceptors (Lipinski definition) is 3. The summed E-state index contributed by atoms with van der Waals surface area (Å²) in [6.45, 7) is 10.5. The average molecular weight is 347 g/mol. The first-order valence-electron chi connectivity index (χ1n) is 9.56. The fourth-order valence-corrected chi connectivity index (χ4v) is 3.12. The van der Waals surface area contributed by atoms with Gasteiger partial charge in [-0.15, -0.1) is 0 Å². The summed E-state index contributed by atoms with van der Waals surface area (Å²) in [5.41, 5.74) is 2.48. The molecular weight excluding hydrogens is 314 g/mol. The van der Waals surface area contributed by atoms with Crippen LogP contribution in [0, 0.1) is 5.92 Å². The molecule has 0 saturated carbocycles. The van der Waals surface area contributed by atoms with Gasteiger partial charge in [0.1, 0.15) is 0 Å². The van der Waals surface area contributed by atoms with Crippen LogP contribution in [0.1, 0.15) is 70.0 Å². The first kappa shape index (κ1) is 19.9. The van der Waals surface area contributed by atoms with E-state index in [1.807, 2.05) is 0 Å². The first-order valence-corrected chi connectivity index (χ1v) is 9.56. The van der Waals surface area contributed by atoms with Crippen molar-refractivity contribution in [2.45, 2.75) is 65.0 Å². The zero-order valence-electron chi connectivity index (χ0n) is 16.1. The SMILES string of the molecule is CC(C)c1ccc(C(NC(=O)CCOCC2CCCO2)C(C)C)cc1. The number of ether oxygens (including phenoxy) is 2. The first-order chi connectivity index (χ1) is 12.0. The normalized spacial score (nSPS) is 18.7. The molecule has 1 fully saturated rings. The van der Waals surface area contributed by atoms with Gasteiger partial charge in [-0.2, -0.15) is 0 Å². The van der Waals surface area contributed by atoms with Crippen LogP contribution in [0.3, 0.4) is 0 Å². The van der Waals surface area contributed by atoms with Gasteiger partial charge in [0, 0.05) is 13.0 Å². The van der Waals surface area contributed by atoms with Crippen LogP contribution in [0.5, 0.6) is 0 Å². The molecule has 0 aromatic heterocycles. The van der Waals surface area contributed by atoms with Crippen molar-refractivity contribution in [2.75, 3.05) is 19.8 Å². The van der Waals surface area contributed by atoms with E-state index < -0.39 is 0 Å². The molecule has 4 nitrogen and oxygen atoms in total. The van der Waals surface area contributed by atoms with E-state index in [9.17, 15) is 4.79 Å².